The molecule has 0 spiro atoms. The number of allylic oxidation sites excluding steroid dienone is 2. The Labute approximate surface area is 253 Å². The monoisotopic (exact) mass is 577 g/mol. The van der Waals surface area contributed by atoms with Crippen molar-refractivity contribution in [3.63, 3.8) is 0 Å². The summed E-state index contributed by atoms with van der Waals surface area (Å²) in [6.07, 6.45) is 1.92. The molecule has 3 aromatic carbocycles. The van der Waals surface area contributed by atoms with Crippen molar-refractivity contribution in [2.24, 2.45) is 11.8 Å². The molecule has 1 N–H and O–H groups in total. The highest BCUT2D eigenvalue weighted by Crippen LogP contribution is 2.43. The van der Waals surface area contributed by atoms with Crippen LogP contribution in [0.3, 0.4) is 0 Å². The van der Waals surface area contributed by atoms with Gasteiger partial charge >= 0.3 is 11.9 Å². The second kappa shape index (κ2) is 12.7. The van der Waals surface area contributed by atoms with Gasteiger partial charge in [0.25, 0.3) is 0 Å². The van der Waals surface area contributed by atoms with Crippen molar-refractivity contribution in [1.29, 1.82) is 0 Å². The Bertz CT molecular complexity index is 1670. The van der Waals surface area contributed by atoms with E-state index in [0.717, 1.165) is 22.0 Å². The van der Waals surface area contributed by atoms with Gasteiger partial charge in [0.1, 0.15) is 0 Å². The normalized spacial score (nSPS) is 14.0. The summed E-state index contributed by atoms with van der Waals surface area (Å²) >= 11 is 0. The molecule has 7 heteroatoms. The fraction of sp³-hybridized carbons (Fsp3) is 0.306. The molecule has 0 unspecified atom stereocenters. The Morgan fingerprint density at radius 3 is 1.93 bits per heavy atom. The summed E-state index contributed by atoms with van der Waals surface area (Å²) in [5, 5.41) is 10.5. The lowest BCUT2D eigenvalue weighted by molar-refractivity contribution is -0.141. The van der Waals surface area contributed by atoms with Crippen LogP contribution in [-0.2, 0) is 19.1 Å². The molecule has 0 aliphatic carbocycles. The number of fused-ring (bicyclic) bond motifs is 1. The van der Waals surface area contributed by atoms with E-state index < -0.39 is 17.9 Å². The number of esters is 2. The molecule has 7 nitrogen and oxygen atoms in total. The molecular weight excluding hydrogens is 538 g/mol. The lowest BCUT2D eigenvalue weighted by Gasteiger charge is -2.30. The lowest BCUT2D eigenvalue weighted by atomic mass is 9.79. The van der Waals surface area contributed by atoms with E-state index in [2.05, 4.69) is 29.6 Å². The van der Waals surface area contributed by atoms with E-state index >= 15 is 0 Å². The van der Waals surface area contributed by atoms with Crippen molar-refractivity contribution < 1.29 is 19.1 Å². The summed E-state index contributed by atoms with van der Waals surface area (Å²) in [6.45, 7) is 12.2. The zero-order valence-corrected chi connectivity index (χ0v) is 25.7. The molecule has 0 radical (unpaired) electrons. The van der Waals surface area contributed by atoms with Crippen molar-refractivity contribution >= 4 is 22.7 Å². The van der Waals surface area contributed by atoms with Gasteiger partial charge in [0, 0.05) is 28.7 Å². The minimum Gasteiger partial charge on any atom is -0.462 e. The molecule has 0 bridgehead atoms. The maximum atomic E-state index is 13.8. The molecule has 43 heavy (non-hydrogen) atoms. The van der Waals surface area contributed by atoms with Gasteiger partial charge in [-0.3, -0.25) is 0 Å². The van der Waals surface area contributed by atoms with Gasteiger partial charge in [-0.05, 0) is 54.7 Å². The summed E-state index contributed by atoms with van der Waals surface area (Å²) in [5.74, 6) is -1.40. The summed E-state index contributed by atoms with van der Waals surface area (Å²) in [5.41, 5.74) is 5.13. The third-order valence-corrected chi connectivity index (χ3v) is 7.39. The Morgan fingerprint density at radius 2 is 1.35 bits per heavy atom. The van der Waals surface area contributed by atoms with Gasteiger partial charge in [-0.1, -0.05) is 82.3 Å². The van der Waals surface area contributed by atoms with Crippen LogP contribution in [0.15, 0.2) is 102 Å². The van der Waals surface area contributed by atoms with Crippen molar-refractivity contribution in [1.82, 2.24) is 15.1 Å². The fourth-order valence-corrected chi connectivity index (χ4v) is 5.36. The highest BCUT2D eigenvalue weighted by Gasteiger charge is 2.40. The predicted octanol–water partition coefficient (Wildman–Crippen LogP) is 7.33. The number of ether oxygens (including phenoxy) is 2. The number of dihydropyridines is 1. The zero-order chi connectivity index (χ0) is 30.7. The van der Waals surface area contributed by atoms with E-state index in [1.54, 1.807) is 4.68 Å². The van der Waals surface area contributed by atoms with Gasteiger partial charge in [0.2, 0.25) is 0 Å². The first-order valence-corrected chi connectivity index (χ1v) is 14.8. The second-order valence-corrected chi connectivity index (χ2v) is 11.9. The van der Waals surface area contributed by atoms with Crippen LogP contribution in [0.2, 0.25) is 0 Å². The summed E-state index contributed by atoms with van der Waals surface area (Å²) < 4.78 is 13.4. The molecule has 4 aromatic rings. The Hall–Kier alpha value is -4.65. The molecular formula is C36H39N3O4. The van der Waals surface area contributed by atoms with Crippen LogP contribution in [0.25, 0.3) is 27.7 Å². The van der Waals surface area contributed by atoms with Crippen molar-refractivity contribution in [3.8, 4) is 16.9 Å². The van der Waals surface area contributed by atoms with E-state index in [-0.39, 0.29) is 25.0 Å². The molecule has 0 fully saturated rings. The highest BCUT2D eigenvalue weighted by molar-refractivity contribution is 6.00. The first kappa shape index (κ1) is 29.8. The maximum absolute atomic E-state index is 13.8. The third-order valence-electron chi connectivity index (χ3n) is 7.39. The fourth-order valence-electron chi connectivity index (χ4n) is 5.36. The second-order valence-electron chi connectivity index (χ2n) is 11.9. The number of aromatic nitrogens is 2. The van der Waals surface area contributed by atoms with Crippen LogP contribution in [0, 0.1) is 11.8 Å². The first-order valence-electron chi connectivity index (χ1n) is 14.8. The van der Waals surface area contributed by atoms with Crippen LogP contribution in [-0.4, -0.2) is 34.9 Å². The molecule has 0 saturated carbocycles. The van der Waals surface area contributed by atoms with Crippen molar-refractivity contribution in [2.75, 3.05) is 13.2 Å². The van der Waals surface area contributed by atoms with Crippen molar-refractivity contribution in [3.05, 3.63) is 107 Å². The topological polar surface area (TPSA) is 82.5 Å². The molecule has 1 aliphatic heterocycles. The Balaban J connectivity index is 1.74. The van der Waals surface area contributed by atoms with E-state index in [1.165, 1.54) is 0 Å². The minimum absolute atomic E-state index is 0.154. The molecule has 222 valence electrons. The van der Waals surface area contributed by atoms with Crippen LogP contribution in [0.1, 0.15) is 53.0 Å². The van der Waals surface area contributed by atoms with Crippen LogP contribution < -0.4 is 5.32 Å². The number of nitrogens with zero attached hydrogens (tertiary/aromatic N) is 2. The summed E-state index contributed by atoms with van der Waals surface area (Å²) in [6, 6.07) is 24.2. The number of hydrogen-bond donors (Lipinski definition) is 1. The van der Waals surface area contributed by atoms with Crippen LogP contribution >= 0.6 is 0 Å². The van der Waals surface area contributed by atoms with E-state index in [4.69, 9.17) is 14.6 Å². The number of hydrogen-bond acceptors (Lipinski definition) is 6. The number of benzene rings is 3. The minimum atomic E-state index is -0.764. The van der Waals surface area contributed by atoms with Crippen LogP contribution in [0.4, 0.5) is 0 Å². The molecule has 5 rings (SSSR count). The van der Waals surface area contributed by atoms with E-state index in [0.29, 0.717) is 33.8 Å². The summed E-state index contributed by atoms with van der Waals surface area (Å²) in [4.78, 5) is 27.6. The third kappa shape index (κ3) is 6.41. The average molecular weight is 578 g/mol. The number of nitrogens with one attached hydrogen (secondary N) is 1. The van der Waals surface area contributed by atoms with Crippen LogP contribution in [0.5, 0.6) is 0 Å². The number of para-hydroxylation sites is 1. The van der Waals surface area contributed by atoms with Gasteiger partial charge in [-0.15, -0.1) is 0 Å². The molecule has 0 amide bonds. The smallest absolute Gasteiger partial charge is 0.336 e. The quantitative estimate of drug-likeness (QED) is 0.210. The Kier molecular flexibility index (Phi) is 8.81. The Morgan fingerprint density at radius 1 is 0.791 bits per heavy atom. The number of carbonyl (C=O) groups is 2. The molecule has 0 atom stereocenters. The standard InChI is InChI=1S/C36H39N3O4/c1-22(2)20-42-35(40)31-24(5)37-25(6)32(36(41)43-21-23(3)4)33(31)30-19-39(29-14-8-7-9-15-29)38-34(30)28-17-16-26-12-10-11-13-27(26)18-28/h7-19,22-23,33,37H,20-21H2,1-6H3. The summed E-state index contributed by atoms with van der Waals surface area (Å²) in [7, 11) is 0. The van der Waals surface area contributed by atoms with Gasteiger partial charge in [0.15, 0.2) is 0 Å². The molecule has 1 aliphatic rings. The van der Waals surface area contributed by atoms with E-state index in [9.17, 15) is 9.59 Å². The average Bonchev–Trinajstić information content (AvgIpc) is 3.44. The molecule has 2 heterocycles. The molecule has 1 aromatic heterocycles. The number of rotatable bonds is 9. The maximum Gasteiger partial charge on any atom is 0.336 e. The molecule has 0 saturated heterocycles. The highest BCUT2D eigenvalue weighted by atomic mass is 16.5. The first-order chi connectivity index (χ1) is 20.6. The largest absolute Gasteiger partial charge is 0.462 e. The number of carbonyl (C=O) groups excluding carboxylic acids is 2. The predicted molar refractivity (Wildman–Crippen MR) is 169 cm³/mol. The van der Waals surface area contributed by atoms with Gasteiger partial charge < -0.3 is 14.8 Å². The van der Waals surface area contributed by atoms with Gasteiger partial charge in [-0.25, -0.2) is 14.3 Å². The van der Waals surface area contributed by atoms with Crippen molar-refractivity contribution in [2.45, 2.75) is 47.5 Å². The zero-order valence-electron chi connectivity index (χ0n) is 25.7. The van der Waals surface area contributed by atoms with Gasteiger partial charge in [0.05, 0.1) is 41.7 Å². The SMILES string of the molecule is CC1=C(C(=O)OCC(C)C)C(c2cn(-c3ccccc3)nc2-c2ccc3ccccc3c2)C(C(=O)OCC(C)C)=C(C)N1. The lowest BCUT2D eigenvalue weighted by Crippen LogP contribution is -2.33. The van der Waals surface area contributed by atoms with E-state index in [1.807, 2.05) is 96.3 Å². The van der Waals surface area contributed by atoms with Gasteiger partial charge in [-0.2, -0.15) is 5.10 Å².